The Bertz CT molecular complexity index is 600. The van der Waals surface area contributed by atoms with Crippen LogP contribution < -0.4 is 11.2 Å². The van der Waals surface area contributed by atoms with Gasteiger partial charge < -0.3 is 4.74 Å². The van der Waals surface area contributed by atoms with Gasteiger partial charge in [-0.2, -0.15) is 0 Å². The Morgan fingerprint density at radius 3 is 2.56 bits per heavy atom. The van der Waals surface area contributed by atoms with Crippen LogP contribution in [0, 0.1) is 17.0 Å². The summed E-state index contributed by atoms with van der Waals surface area (Å²) >= 11 is 0. The maximum absolute atomic E-state index is 11.7. The molecule has 1 rings (SSSR count). The van der Waals surface area contributed by atoms with Crippen LogP contribution in [0.15, 0.2) is 9.59 Å². The van der Waals surface area contributed by atoms with Gasteiger partial charge in [0.2, 0.25) is 0 Å². The number of hydrogen-bond acceptors (Lipinski definition) is 6. The number of carbonyl (C=O) groups excluding carboxylic acids is 1. The van der Waals surface area contributed by atoms with Crippen molar-refractivity contribution >= 4 is 12.2 Å². The van der Waals surface area contributed by atoms with Gasteiger partial charge in [0.05, 0.1) is 11.5 Å². The van der Waals surface area contributed by atoms with Gasteiger partial charge in [-0.3, -0.25) is 28.8 Å². The van der Waals surface area contributed by atoms with Gasteiger partial charge in [0, 0.05) is 7.05 Å². The predicted octanol–water partition coefficient (Wildman–Crippen LogP) is -1.06. The lowest BCUT2D eigenvalue weighted by Crippen LogP contribution is -2.41. The summed E-state index contributed by atoms with van der Waals surface area (Å²) in [7, 11) is 1.15. The van der Waals surface area contributed by atoms with Crippen LogP contribution in [0.4, 0.5) is 5.69 Å². The molecular weight excluding hydrogens is 246 g/mol. The van der Waals surface area contributed by atoms with Gasteiger partial charge in [0.25, 0.3) is 6.47 Å². The van der Waals surface area contributed by atoms with Crippen molar-refractivity contribution < 1.29 is 14.5 Å². The average molecular weight is 257 g/mol. The van der Waals surface area contributed by atoms with Crippen LogP contribution in [-0.4, -0.2) is 27.1 Å². The fourth-order valence-electron chi connectivity index (χ4n) is 1.52. The van der Waals surface area contributed by atoms with E-state index in [4.69, 9.17) is 0 Å². The molecule has 0 N–H and O–H groups in total. The smallest absolute Gasteiger partial charge is 0.353 e. The highest BCUT2D eigenvalue weighted by Crippen LogP contribution is 2.08. The standard InChI is InChI=1S/C9H11N3O6/c1-6-7(12(16)17)8(14)10(2)9(15)11(6)3-4-18-5-13/h5H,3-4H2,1-2H3. The molecule has 0 spiro atoms. The molecule has 0 fully saturated rings. The first-order valence-electron chi connectivity index (χ1n) is 4.91. The highest BCUT2D eigenvalue weighted by molar-refractivity contribution is 5.36. The zero-order valence-electron chi connectivity index (χ0n) is 9.78. The largest absolute Gasteiger partial charge is 0.466 e. The van der Waals surface area contributed by atoms with Gasteiger partial charge in [-0.05, 0) is 6.92 Å². The third-order valence-electron chi connectivity index (χ3n) is 2.46. The van der Waals surface area contributed by atoms with Crippen LogP contribution in [0.2, 0.25) is 0 Å². The van der Waals surface area contributed by atoms with Crippen LogP contribution in [0.25, 0.3) is 0 Å². The number of rotatable bonds is 5. The molecule has 0 aliphatic rings. The van der Waals surface area contributed by atoms with E-state index < -0.39 is 21.9 Å². The summed E-state index contributed by atoms with van der Waals surface area (Å²) in [6, 6.07) is 0. The van der Waals surface area contributed by atoms with Crippen molar-refractivity contribution in [2.45, 2.75) is 13.5 Å². The molecule has 0 aliphatic heterocycles. The van der Waals surface area contributed by atoms with Crippen molar-refractivity contribution in [1.29, 1.82) is 0 Å². The van der Waals surface area contributed by atoms with Gasteiger partial charge in [0.1, 0.15) is 12.3 Å². The van der Waals surface area contributed by atoms with Gasteiger partial charge in [-0.1, -0.05) is 0 Å². The molecule has 1 heterocycles. The number of nitro groups is 1. The van der Waals surface area contributed by atoms with Crippen LogP contribution in [0.5, 0.6) is 0 Å². The predicted molar refractivity (Wildman–Crippen MR) is 59.4 cm³/mol. The second kappa shape index (κ2) is 5.25. The molecule has 0 bridgehead atoms. The molecule has 0 amide bonds. The summed E-state index contributed by atoms with van der Waals surface area (Å²) in [5.41, 5.74) is -2.39. The second-order valence-electron chi connectivity index (χ2n) is 3.46. The first-order valence-corrected chi connectivity index (χ1v) is 4.91. The van der Waals surface area contributed by atoms with Gasteiger partial charge in [0.15, 0.2) is 0 Å². The Morgan fingerprint density at radius 1 is 1.44 bits per heavy atom. The van der Waals surface area contributed by atoms with E-state index in [1.54, 1.807) is 0 Å². The average Bonchev–Trinajstić information content (AvgIpc) is 2.30. The number of aromatic nitrogens is 2. The Labute approximate surface area is 100 Å². The van der Waals surface area contributed by atoms with E-state index in [0.717, 1.165) is 11.6 Å². The lowest BCUT2D eigenvalue weighted by Gasteiger charge is -2.10. The van der Waals surface area contributed by atoms with Crippen molar-refractivity contribution in [3.05, 3.63) is 36.6 Å². The van der Waals surface area contributed by atoms with E-state index in [9.17, 15) is 24.5 Å². The maximum Gasteiger partial charge on any atom is 0.353 e. The molecule has 9 heteroatoms. The summed E-state index contributed by atoms with van der Waals surface area (Å²) in [5, 5.41) is 10.8. The topological polar surface area (TPSA) is 113 Å². The molecular formula is C9H11N3O6. The summed E-state index contributed by atoms with van der Waals surface area (Å²) in [6.07, 6.45) is 0. The van der Waals surface area contributed by atoms with Crippen molar-refractivity contribution in [2.24, 2.45) is 7.05 Å². The Kier molecular flexibility index (Phi) is 3.97. The highest BCUT2D eigenvalue weighted by Gasteiger charge is 2.23. The van der Waals surface area contributed by atoms with E-state index in [0.29, 0.717) is 4.57 Å². The van der Waals surface area contributed by atoms with Crippen molar-refractivity contribution in [2.75, 3.05) is 6.61 Å². The molecule has 9 nitrogen and oxygen atoms in total. The Balaban J connectivity index is 3.43. The second-order valence-corrected chi connectivity index (χ2v) is 3.46. The number of hydrogen-bond donors (Lipinski definition) is 0. The zero-order chi connectivity index (χ0) is 13.9. The highest BCUT2D eigenvalue weighted by atomic mass is 16.6. The van der Waals surface area contributed by atoms with Crippen LogP contribution in [0.1, 0.15) is 5.69 Å². The molecule has 0 atom stereocenters. The zero-order valence-corrected chi connectivity index (χ0v) is 9.78. The van der Waals surface area contributed by atoms with E-state index >= 15 is 0 Å². The minimum absolute atomic E-state index is 0.0572. The third kappa shape index (κ3) is 2.29. The Morgan fingerprint density at radius 2 is 2.06 bits per heavy atom. The minimum Gasteiger partial charge on any atom is -0.466 e. The molecule has 98 valence electrons. The van der Waals surface area contributed by atoms with Gasteiger partial charge in [-0.25, -0.2) is 4.79 Å². The van der Waals surface area contributed by atoms with Crippen LogP contribution >= 0.6 is 0 Å². The van der Waals surface area contributed by atoms with E-state index in [1.807, 2.05) is 0 Å². The van der Waals surface area contributed by atoms with Crippen molar-refractivity contribution in [1.82, 2.24) is 9.13 Å². The molecule has 0 saturated heterocycles. The summed E-state index contributed by atoms with van der Waals surface area (Å²) in [6.45, 7) is 1.33. The van der Waals surface area contributed by atoms with Gasteiger partial charge in [-0.15, -0.1) is 0 Å². The monoisotopic (exact) mass is 257 g/mol. The molecule has 1 aromatic heterocycles. The molecule has 0 aliphatic carbocycles. The quantitative estimate of drug-likeness (QED) is 0.287. The van der Waals surface area contributed by atoms with E-state index in [2.05, 4.69) is 4.74 Å². The number of nitrogens with zero attached hydrogens (tertiary/aromatic N) is 3. The fourth-order valence-corrected chi connectivity index (χ4v) is 1.52. The van der Waals surface area contributed by atoms with E-state index in [-0.39, 0.29) is 25.3 Å². The Hall–Kier alpha value is -2.45. The summed E-state index contributed by atoms with van der Waals surface area (Å²) in [5.74, 6) is 0. The SMILES string of the molecule is Cc1c([N+](=O)[O-])c(=O)n(C)c(=O)n1CCOC=O. The fraction of sp³-hybridized carbons (Fsp3) is 0.444. The molecule has 0 unspecified atom stereocenters. The van der Waals surface area contributed by atoms with E-state index in [1.165, 1.54) is 6.92 Å². The summed E-state index contributed by atoms with van der Waals surface area (Å²) < 4.78 is 6.08. The summed E-state index contributed by atoms with van der Waals surface area (Å²) in [4.78, 5) is 43.2. The first-order chi connectivity index (χ1) is 8.41. The van der Waals surface area contributed by atoms with Crippen LogP contribution in [-0.2, 0) is 23.1 Å². The van der Waals surface area contributed by atoms with Gasteiger partial charge >= 0.3 is 16.9 Å². The number of ether oxygens (including phenoxy) is 1. The number of carbonyl (C=O) groups is 1. The molecule has 0 radical (unpaired) electrons. The lowest BCUT2D eigenvalue weighted by atomic mass is 10.3. The molecule has 0 aromatic carbocycles. The van der Waals surface area contributed by atoms with Crippen molar-refractivity contribution in [3.63, 3.8) is 0 Å². The maximum atomic E-state index is 11.7. The third-order valence-corrected chi connectivity index (χ3v) is 2.46. The molecule has 0 saturated carbocycles. The lowest BCUT2D eigenvalue weighted by molar-refractivity contribution is -0.387. The molecule has 1 aromatic rings. The first kappa shape index (κ1) is 13.6. The normalized spacial score (nSPS) is 10.1. The van der Waals surface area contributed by atoms with Crippen LogP contribution in [0.3, 0.4) is 0 Å². The minimum atomic E-state index is -0.963. The molecule has 18 heavy (non-hydrogen) atoms. The van der Waals surface area contributed by atoms with Crippen molar-refractivity contribution in [3.8, 4) is 0 Å².